The summed E-state index contributed by atoms with van der Waals surface area (Å²) >= 11 is 9.64. The molecule has 0 spiro atoms. The van der Waals surface area contributed by atoms with Crippen molar-refractivity contribution >= 4 is 27.5 Å². The molecule has 106 valence electrons. The standard InChI is InChI=1S/C15H21BrClNO/c1-11-4-6-15(10-19,7-5-11)18-9-12-2-3-13(16)8-14(12)17/h2-3,8,11,18-19H,4-7,9-10H2,1H3. The third-order valence-electron chi connectivity index (χ3n) is 4.20. The summed E-state index contributed by atoms with van der Waals surface area (Å²) in [6.07, 6.45) is 4.45. The van der Waals surface area contributed by atoms with Gasteiger partial charge in [0.2, 0.25) is 0 Å². The molecule has 1 aromatic carbocycles. The average molecular weight is 347 g/mol. The summed E-state index contributed by atoms with van der Waals surface area (Å²) in [5.74, 6) is 0.776. The second kappa shape index (κ2) is 6.57. The molecule has 1 saturated carbocycles. The number of hydrogen-bond donors (Lipinski definition) is 2. The largest absolute Gasteiger partial charge is 0.394 e. The van der Waals surface area contributed by atoms with E-state index in [9.17, 15) is 5.11 Å². The average Bonchev–Trinajstić information content (AvgIpc) is 2.40. The SMILES string of the molecule is CC1CCC(CO)(NCc2ccc(Br)cc2Cl)CC1. The van der Waals surface area contributed by atoms with Crippen LogP contribution in [0.3, 0.4) is 0 Å². The maximum atomic E-state index is 9.72. The highest BCUT2D eigenvalue weighted by molar-refractivity contribution is 9.10. The molecule has 0 radical (unpaired) electrons. The molecule has 19 heavy (non-hydrogen) atoms. The van der Waals surface area contributed by atoms with E-state index in [0.717, 1.165) is 33.8 Å². The Morgan fingerprint density at radius 2 is 2.11 bits per heavy atom. The van der Waals surface area contributed by atoms with E-state index in [0.29, 0.717) is 6.54 Å². The number of benzene rings is 1. The maximum absolute atomic E-state index is 9.72. The van der Waals surface area contributed by atoms with Crippen LogP contribution in [0.25, 0.3) is 0 Å². The highest BCUT2D eigenvalue weighted by atomic mass is 79.9. The van der Waals surface area contributed by atoms with Gasteiger partial charge in [-0.05, 0) is 49.3 Å². The van der Waals surface area contributed by atoms with Gasteiger partial charge in [-0.25, -0.2) is 0 Å². The van der Waals surface area contributed by atoms with E-state index in [1.807, 2.05) is 18.2 Å². The predicted octanol–water partition coefficient (Wildman–Crippen LogP) is 4.13. The van der Waals surface area contributed by atoms with Crippen molar-refractivity contribution in [1.82, 2.24) is 5.32 Å². The van der Waals surface area contributed by atoms with Gasteiger partial charge < -0.3 is 10.4 Å². The molecule has 4 heteroatoms. The minimum atomic E-state index is -0.122. The zero-order valence-corrected chi connectivity index (χ0v) is 13.6. The van der Waals surface area contributed by atoms with E-state index >= 15 is 0 Å². The fourth-order valence-corrected chi connectivity index (χ4v) is 3.39. The van der Waals surface area contributed by atoms with Crippen LogP contribution >= 0.6 is 27.5 Å². The summed E-state index contributed by atoms with van der Waals surface area (Å²) in [5.41, 5.74) is 0.958. The molecular formula is C15H21BrClNO. The molecule has 1 aliphatic rings. The maximum Gasteiger partial charge on any atom is 0.0613 e. The van der Waals surface area contributed by atoms with E-state index in [1.165, 1.54) is 12.8 Å². The minimum Gasteiger partial charge on any atom is -0.394 e. The van der Waals surface area contributed by atoms with Gasteiger partial charge in [-0.2, -0.15) is 0 Å². The van der Waals surface area contributed by atoms with Gasteiger partial charge in [-0.15, -0.1) is 0 Å². The molecule has 0 heterocycles. The lowest BCUT2D eigenvalue weighted by Crippen LogP contribution is -2.50. The molecule has 1 aliphatic carbocycles. The summed E-state index contributed by atoms with van der Waals surface area (Å²) in [5, 5.41) is 14.0. The Labute approximate surface area is 128 Å². The molecule has 0 aliphatic heterocycles. The second-order valence-corrected chi connectivity index (χ2v) is 7.03. The van der Waals surface area contributed by atoms with E-state index in [4.69, 9.17) is 11.6 Å². The molecule has 0 atom stereocenters. The minimum absolute atomic E-state index is 0.122. The monoisotopic (exact) mass is 345 g/mol. The molecule has 0 aromatic heterocycles. The van der Waals surface area contributed by atoms with E-state index < -0.39 is 0 Å². The lowest BCUT2D eigenvalue weighted by molar-refractivity contribution is 0.104. The Morgan fingerprint density at radius 3 is 2.68 bits per heavy atom. The summed E-state index contributed by atoms with van der Waals surface area (Å²) in [6, 6.07) is 5.93. The van der Waals surface area contributed by atoms with Crippen molar-refractivity contribution in [3.63, 3.8) is 0 Å². The number of halogens is 2. The molecule has 0 bridgehead atoms. The van der Waals surface area contributed by atoms with Crippen molar-refractivity contribution in [3.05, 3.63) is 33.3 Å². The molecule has 0 saturated heterocycles. The Balaban J connectivity index is 2.00. The molecule has 0 unspecified atom stereocenters. The van der Waals surface area contributed by atoms with Crippen LogP contribution in [0.2, 0.25) is 5.02 Å². The predicted molar refractivity (Wildman–Crippen MR) is 83.4 cm³/mol. The van der Waals surface area contributed by atoms with E-state index in [2.05, 4.69) is 28.2 Å². The first kappa shape index (κ1) is 15.3. The van der Waals surface area contributed by atoms with Crippen molar-refractivity contribution in [3.8, 4) is 0 Å². The molecule has 1 fully saturated rings. The van der Waals surface area contributed by atoms with Crippen LogP contribution in [0.5, 0.6) is 0 Å². The first-order valence-electron chi connectivity index (χ1n) is 6.84. The van der Waals surface area contributed by atoms with Crippen molar-refractivity contribution in [2.75, 3.05) is 6.61 Å². The first-order valence-corrected chi connectivity index (χ1v) is 8.01. The molecule has 2 rings (SSSR count). The van der Waals surface area contributed by atoms with Crippen LogP contribution in [0.15, 0.2) is 22.7 Å². The van der Waals surface area contributed by atoms with Crippen LogP contribution in [-0.4, -0.2) is 17.3 Å². The van der Waals surface area contributed by atoms with Gasteiger partial charge in [0, 0.05) is 21.6 Å². The number of hydrogen-bond acceptors (Lipinski definition) is 2. The molecule has 0 amide bonds. The normalized spacial score (nSPS) is 27.5. The number of rotatable bonds is 4. The Morgan fingerprint density at radius 1 is 1.42 bits per heavy atom. The van der Waals surface area contributed by atoms with E-state index in [-0.39, 0.29) is 12.1 Å². The van der Waals surface area contributed by atoms with Gasteiger partial charge in [-0.3, -0.25) is 0 Å². The number of aliphatic hydroxyl groups excluding tert-OH is 1. The summed E-state index contributed by atoms with van der Waals surface area (Å²) in [4.78, 5) is 0. The van der Waals surface area contributed by atoms with Gasteiger partial charge in [-0.1, -0.05) is 40.5 Å². The van der Waals surface area contributed by atoms with Gasteiger partial charge >= 0.3 is 0 Å². The van der Waals surface area contributed by atoms with Crippen LogP contribution < -0.4 is 5.32 Å². The van der Waals surface area contributed by atoms with Crippen LogP contribution in [0.1, 0.15) is 38.2 Å². The second-order valence-electron chi connectivity index (χ2n) is 5.71. The van der Waals surface area contributed by atoms with Gasteiger partial charge in [0.15, 0.2) is 0 Å². The Kier molecular flexibility index (Phi) is 5.29. The van der Waals surface area contributed by atoms with Crippen molar-refractivity contribution < 1.29 is 5.11 Å². The summed E-state index contributed by atoms with van der Waals surface area (Å²) in [7, 11) is 0. The van der Waals surface area contributed by atoms with Crippen LogP contribution in [0, 0.1) is 5.92 Å². The fraction of sp³-hybridized carbons (Fsp3) is 0.600. The fourth-order valence-electron chi connectivity index (χ4n) is 2.65. The van der Waals surface area contributed by atoms with Gasteiger partial charge in [0.05, 0.1) is 6.61 Å². The number of aliphatic hydroxyl groups is 1. The Bertz CT molecular complexity index is 430. The molecule has 2 N–H and O–H groups in total. The van der Waals surface area contributed by atoms with Gasteiger partial charge in [0.25, 0.3) is 0 Å². The number of nitrogens with one attached hydrogen (secondary N) is 1. The highest BCUT2D eigenvalue weighted by Crippen LogP contribution is 2.32. The highest BCUT2D eigenvalue weighted by Gasteiger charge is 2.33. The summed E-state index contributed by atoms with van der Waals surface area (Å²) in [6.45, 7) is 3.20. The van der Waals surface area contributed by atoms with Crippen molar-refractivity contribution in [2.45, 2.75) is 44.7 Å². The zero-order chi connectivity index (χ0) is 13.9. The smallest absolute Gasteiger partial charge is 0.0613 e. The summed E-state index contributed by atoms with van der Waals surface area (Å²) < 4.78 is 0.990. The lowest BCUT2D eigenvalue weighted by Gasteiger charge is -2.39. The third kappa shape index (κ3) is 3.94. The lowest BCUT2D eigenvalue weighted by atomic mass is 9.77. The van der Waals surface area contributed by atoms with Crippen LogP contribution in [0.4, 0.5) is 0 Å². The van der Waals surface area contributed by atoms with Crippen molar-refractivity contribution in [2.24, 2.45) is 5.92 Å². The molecular weight excluding hydrogens is 326 g/mol. The first-order chi connectivity index (χ1) is 9.04. The molecule has 1 aromatic rings. The molecule has 2 nitrogen and oxygen atoms in total. The van der Waals surface area contributed by atoms with Crippen LogP contribution in [-0.2, 0) is 6.54 Å². The van der Waals surface area contributed by atoms with Gasteiger partial charge in [0.1, 0.15) is 0 Å². The third-order valence-corrected chi connectivity index (χ3v) is 5.05. The Hall–Kier alpha value is -0.0900. The quantitative estimate of drug-likeness (QED) is 0.859. The topological polar surface area (TPSA) is 32.3 Å². The van der Waals surface area contributed by atoms with E-state index in [1.54, 1.807) is 0 Å². The van der Waals surface area contributed by atoms with Crippen molar-refractivity contribution in [1.29, 1.82) is 0 Å². The zero-order valence-electron chi connectivity index (χ0n) is 11.3.